The second kappa shape index (κ2) is 11.8. The lowest BCUT2D eigenvalue weighted by Gasteiger charge is -2.39. The van der Waals surface area contributed by atoms with Crippen LogP contribution in [0.25, 0.3) is 11.4 Å². The number of aryl methyl sites for hydroxylation is 1. The van der Waals surface area contributed by atoms with E-state index in [4.69, 9.17) is 4.74 Å². The molecule has 2 N–H and O–H groups in total. The number of carbonyl (C=O) groups is 1. The molecule has 0 aliphatic carbocycles. The third-order valence-electron chi connectivity index (χ3n) is 7.35. The van der Waals surface area contributed by atoms with Gasteiger partial charge in [0.1, 0.15) is 5.82 Å². The van der Waals surface area contributed by atoms with Gasteiger partial charge in [0.15, 0.2) is 5.82 Å². The minimum atomic E-state index is -0.249. The Morgan fingerprint density at radius 3 is 2.86 bits per heavy atom. The van der Waals surface area contributed by atoms with E-state index in [-0.39, 0.29) is 17.9 Å². The van der Waals surface area contributed by atoms with Crippen LogP contribution in [0.4, 0.5) is 14.9 Å². The number of amides is 2. The summed E-state index contributed by atoms with van der Waals surface area (Å²) in [6.07, 6.45) is 4.23. The minimum Gasteiger partial charge on any atom is -0.379 e. The molecule has 2 amide bonds. The number of benzene rings is 2. The van der Waals surface area contributed by atoms with Gasteiger partial charge in [-0.1, -0.05) is 24.3 Å². The maximum Gasteiger partial charge on any atom is 0.319 e. The first-order valence-corrected chi connectivity index (χ1v) is 13.0. The van der Waals surface area contributed by atoms with Crippen molar-refractivity contribution in [2.45, 2.75) is 31.7 Å². The van der Waals surface area contributed by atoms with Gasteiger partial charge < -0.3 is 20.3 Å². The number of halogens is 1. The van der Waals surface area contributed by atoms with E-state index in [1.54, 1.807) is 23.9 Å². The summed E-state index contributed by atoms with van der Waals surface area (Å²) in [5.74, 6) is 1.32. The molecule has 0 bridgehead atoms. The van der Waals surface area contributed by atoms with Crippen LogP contribution in [0.5, 0.6) is 0 Å². The van der Waals surface area contributed by atoms with E-state index < -0.39 is 0 Å². The molecule has 2 aromatic carbocycles. The van der Waals surface area contributed by atoms with Gasteiger partial charge in [-0.05, 0) is 84.3 Å². The van der Waals surface area contributed by atoms with E-state index in [0.717, 1.165) is 44.5 Å². The Morgan fingerprint density at radius 1 is 1.19 bits per heavy atom. The number of piperidine rings is 1. The van der Waals surface area contributed by atoms with Crippen LogP contribution in [-0.2, 0) is 18.2 Å². The maximum atomic E-state index is 13.3. The summed E-state index contributed by atoms with van der Waals surface area (Å²) in [6.45, 7) is 4.25. The van der Waals surface area contributed by atoms with Crippen LogP contribution in [-0.4, -0.2) is 70.0 Å². The van der Waals surface area contributed by atoms with Crippen LogP contribution in [0.1, 0.15) is 24.8 Å². The first-order valence-electron chi connectivity index (χ1n) is 13.0. The smallest absolute Gasteiger partial charge is 0.319 e. The Hall–Kier alpha value is -3.37. The van der Waals surface area contributed by atoms with Gasteiger partial charge in [-0.2, -0.15) is 0 Å². The van der Waals surface area contributed by atoms with E-state index in [0.29, 0.717) is 36.6 Å². The molecule has 1 aromatic heterocycles. The van der Waals surface area contributed by atoms with Crippen molar-refractivity contribution in [2.75, 3.05) is 38.2 Å². The van der Waals surface area contributed by atoms with E-state index in [2.05, 4.69) is 31.1 Å². The van der Waals surface area contributed by atoms with Crippen molar-refractivity contribution in [3.63, 3.8) is 0 Å². The van der Waals surface area contributed by atoms with Crippen molar-refractivity contribution >= 4 is 11.7 Å². The summed E-state index contributed by atoms with van der Waals surface area (Å²) in [7, 11) is 1.78. The number of urea groups is 1. The Balaban J connectivity index is 1.16. The molecular formula is C27H34FN7O2. The molecule has 1 unspecified atom stereocenters. The molecule has 2 fully saturated rings. The second-order valence-electron chi connectivity index (χ2n) is 10.1. The summed E-state index contributed by atoms with van der Waals surface area (Å²) in [6, 6.07) is 14.0. The quantitative estimate of drug-likeness (QED) is 0.508. The average Bonchev–Trinajstić information content (AvgIpc) is 3.33. The molecule has 37 heavy (non-hydrogen) atoms. The molecule has 5 rings (SSSR count). The first kappa shape index (κ1) is 25.3. The fourth-order valence-corrected chi connectivity index (χ4v) is 5.48. The van der Waals surface area contributed by atoms with Gasteiger partial charge in [-0.15, -0.1) is 5.10 Å². The Labute approximate surface area is 216 Å². The predicted molar refractivity (Wildman–Crippen MR) is 138 cm³/mol. The molecule has 0 radical (unpaired) electrons. The van der Waals surface area contributed by atoms with E-state index in [1.807, 2.05) is 36.4 Å². The van der Waals surface area contributed by atoms with Crippen LogP contribution in [0.3, 0.4) is 0 Å². The Morgan fingerprint density at radius 2 is 2.05 bits per heavy atom. The molecule has 0 saturated carbocycles. The lowest BCUT2D eigenvalue weighted by Crippen LogP contribution is -2.52. The van der Waals surface area contributed by atoms with Crippen molar-refractivity contribution in [1.29, 1.82) is 0 Å². The zero-order chi connectivity index (χ0) is 25.6. The fourth-order valence-electron chi connectivity index (χ4n) is 5.48. The highest BCUT2D eigenvalue weighted by Gasteiger charge is 2.30. The van der Waals surface area contributed by atoms with Crippen molar-refractivity contribution in [3.05, 3.63) is 59.9 Å². The summed E-state index contributed by atoms with van der Waals surface area (Å²) in [5.41, 5.74) is 2.69. The zero-order valence-corrected chi connectivity index (χ0v) is 21.1. The third kappa shape index (κ3) is 6.69. The maximum absolute atomic E-state index is 13.3. The van der Waals surface area contributed by atoms with Gasteiger partial charge in [-0.25, -0.2) is 13.9 Å². The highest BCUT2D eigenvalue weighted by atomic mass is 19.1. The number of hydrogen-bond donors (Lipinski definition) is 2. The molecule has 3 aromatic rings. The third-order valence-corrected chi connectivity index (χ3v) is 7.35. The normalized spacial score (nSPS) is 22.5. The molecular weight excluding hydrogens is 473 g/mol. The lowest BCUT2D eigenvalue weighted by molar-refractivity contribution is 0.0215. The van der Waals surface area contributed by atoms with Gasteiger partial charge in [0.05, 0.1) is 12.6 Å². The standard InChI is InChI=1S/C27H34FN7O2/c1-34-26(31-32-33-34)21-5-2-6-24(15-21)29-27(36)30-25-18-37-13-11-22(25)17-35-12-3-4-20(16-35)14-19-7-9-23(28)10-8-19/h2,5-10,15,20,22,25H,3-4,11-14,16-18H2,1H3,(H2,29,30,36)/t20?,22-,25-/m0/s1. The van der Waals surface area contributed by atoms with Crippen LogP contribution >= 0.6 is 0 Å². The molecule has 0 spiro atoms. The fraction of sp³-hybridized carbons (Fsp3) is 0.481. The topological polar surface area (TPSA) is 97.2 Å². The highest BCUT2D eigenvalue weighted by molar-refractivity contribution is 5.90. The van der Waals surface area contributed by atoms with E-state index in [9.17, 15) is 9.18 Å². The SMILES string of the molecule is Cn1nnnc1-c1cccc(NC(=O)N[C@H]2COCC[C@H]2CN2CCCC(Cc3ccc(F)cc3)C2)c1. The van der Waals surface area contributed by atoms with Crippen molar-refractivity contribution in [1.82, 2.24) is 30.4 Å². The van der Waals surface area contributed by atoms with Gasteiger partial charge in [0, 0.05) is 38.0 Å². The zero-order valence-electron chi connectivity index (χ0n) is 21.1. The van der Waals surface area contributed by atoms with Crippen molar-refractivity contribution < 1.29 is 13.9 Å². The first-order chi connectivity index (χ1) is 18.0. The average molecular weight is 508 g/mol. The summed E-state index contributed by atoms with van der Waals surface area (Å²) in [5, 5.41) is 17.7. The van der Waals surface area contributed by atoms with Crippen molar-refractivity contribution in [3.8, 4) is 11.4 Å². The molecule has 3 atom stereocenters. The number of anilines is 1. The molecule has 2 aliphatic rings. The number of aromatic nitrogens is 4. The molecule has 2 saturated heterocycles. The van der Waals surface area contributed by atoms with Gasteiger partial charge in [0.25, 0.3) is 0 Å². The number of hydrogen-bond acceptors (Lipinski definition) is 6. The number of likely N-dealkylation sites (tertiary alicyclic amines) is 1. The van der Waals surface area contributed by atoms with E-state index in [1.165, 1.54) is 12.0 Å². The number of ether oxygens (including phenoxy) is 1. The van der Waals surface area contributed by atoms with Crippen LogP contribution in [0.2, 0.25) is 0 Å². The lowest BCUT2D eigenvalue weighted by atomic mass is 9.89. The number of carbonyl (C=O) groups excluding carboxylic acids is 1. The Bertz CT molecular complexity index is 1190. The summed E-state index contributed by atoms with van der Waals surface area (Å²) >= 11 is 0. The number of rotatable bonds is 7. The van der Waals surface area contributed by atoms with Crippen LogP contribution in [0.15, 0.2) is 48.5 Å². The summed E-state index contributed by atoms with van der Waals surface area (Å²) in [4.78, 5) is 15.4. The number of nitrogens with zero attached hydrogens (tertiary/aromatic N) is 5. The van der Waals surface area contributed by atoms with Crippen LogP contribution < -0.4 is 10.6 Å². The highest BCUT2D eigenvalue weighted by Crippen LogP contribution is 2.25. The van der Waals surface area contributed by atoms with E-state index >= 15 is 0 Å². The molecule has 2 aliphatic heterocycles. The number of nitrogens with one attached hydrogen (secondary N) is 2. The Kier molecular flexibility index (Phi) is 8.05. The second-order valence-corrected chi connectivity index (χ2v) is 10.1. The largest absolute Gasteiger partial charge is 0.379 e. The minimum absolute atomic E-state index is 0.0580. The molecule has 10 heteroatoms. The van der Waals surface area contributed by atoms with Gasteiger partial charge in [0.2, 0.25) is 0 Å². The van der Waals surface area contributed by atoms with Gasteiger partial charge >= 0.3 is 6.03 Å². The molecule has 9 nitrogen and oxygen atoms in total. The number of tetrazole rings is 1. The summed E-state index contributed by atoms with van der Waals surface area (Å²) < 4.78 is 20.6. The van der Waals surface area contributed by atoms with Crippen molar-refractivity contribution in [2.24, 2.45) is 18.9 Å². The predicted octanol–water partition coefficient (Wildman–Crippen LogP) is 3.50. The monoisotopic (exact) mass is 507 g/mol. The van der Waals surface area contributed by atoms with Gasteiger partial charge in [-0.3, -0.25) is 0 Å². The van der Waals surface area contributed by atoms with Crippen LogP contribution in [0, 0.1) is 17.7 Å². The molecule has 196 valence electrons. The molecule has 3 heterocycles.